The number of likely N-dealkylation sites (tertiary alicyclic amines) is 1. The summed E-state index contributed by atoms with van der Waals surface area (Å²) in [5, 5.41) is 12.1. The van der Waals surface area contributed by atoms with Crippen molar-refractivity contribution in [3.8, 4) is 0 Å². The highest BCUT2D eigenvalue weighted by Gasteiger charge is 2.41. The number of nitrogens with one attached hydrogen (secondary N) is 1. The predicted octanol–water partition coefficient (Wildman–Crippen LogP) is -0.704. The maximum absolute atomic E-state index is 12.3. The van der Waals surface area contributed by atoms with Crippen molar-refractivity contribution in [1.29, 1.82) is 0 Å². The lowest BCUT2D eigenvalue weighted by Gasteiger charge is -2.26. The van der Waals surface area contributed by atoms with Crippen molar-refractivity contribution in [3.05, 3.63) is 0 Å². The molecule has 2 heterocycles. The SMILES string of the molecule is CNC1COCC1C(=O)N1CCC[C@@H]1C(=O)O. The van der Waals surface area contributed by atoms with Gasteiger partial charge in [-0.05, 0) is 19.9 Å². The van der Waals surface area contributed by atoms with Gasteiger partial charge in [0.1, 0.15) is 6.04 Å². The van der Waals surface area contributed by atoms with Gasteiger partial charge in [-0.25, -0.2) is 4.79 Å². The molecule has 3 atom stereocenters. The van der Waals surface area contributed by atoms with Crippen molar-refractivity contribution in [2.24, 2.45) is 5.92 Å². The van der Waals surface area contributed by atoms with Crippen molar-refractivity contribution < 1.29 is 19.4 Å². The first-order chi connectivity index (χ1) is 8.15. The van der Waals surface area contributed by atoms with Crippen LogP contribution in [0.4, 0.5) is 0 Å². The molecule has 6 heteroatoms. The third kappa shape index (κ3) is 2.28. The van der Waals surface area contributed by atoms with Gasteiger partial charge in [0.2, 0.25) is 5.91 Å². The van der Waals surface area contributed by atoms with E-state index in [0.29, 0.717) is 26.2 Å². The van der Waals surface area contributed by atoms with Gasteiger partial charge in [-0.3, -0.25) is 4.79 Å². The van der Waals surface area contributed by atoms with Crippen LogP contribution >= 0.6 is 0 Å². The Balaban J connectivity index is 2.06. The van der Waals surface area contributed by atoms with E-state index in [0.717, 1.165) is 6.42 Å². The quantitative estimate of drug-likeness (QED) is 0.684. The lowest BCUT2D eigenvalue weighted by Crippen LogP contribution is -2.48. The van der Waals surface area contributed by atoms with Crippen LogP contribution in [0, 0.1) is 5.92 Å². The zero-order valence-corrected chi connectivity index (χ0v) is 9.89. The molecule has 0 aromatic carbocycles. The van der Waals surface area contributed by atoms with Gasteiger partial charge in [-0.1, -0.05) is 0 Å². The molecule has 0 bridgehead atoms. The molecule has 2 N–H and O–H groups in total. The Morgan fingerprint density at radius 2 is 2.18 bits per heavy atom. The lowest BCUT2D eigenvalue weighted by atomic mass is 10.0. The first-order valence-corrected chi connectivity index (χ1v) is 5.93. The highest BCUT2D eigenvalue weighted by atomic mass is 16.5. The third-order valence-electron chi connectivity index (χ3n) is 3.59. The second-order valence-electron chi connectivity index (χ2n) is 4.57. The number of hydrogen-bond donors (Lipinski definition) is 2. The lowest BCUT2D eigenvalue weighted by molar-refractivity contribution is -0.150. The van der Waals surface area contributed by atoms with Crippen LogP contribution in [0.2, 0.25) is 0 Å². The molecule has 0 aliphatic carbocycles. The Morgan fingerprint density at radius 1 is 1.41 bits per heavy atom. The summed E-state index contributed by atoms with van der Waals surface area (Å²) >= 11 is 0. The maximum Gasteiger partial charge on any atom is 0.326 e. The van der Waals surface area contributed by atoms with E-state index in [1.165, 1.54) is 4.90 Å². The van der Waals surface area contributed by atoms with Gasteiger partial charge in [0.15, 0.2) is 0 Å². The number of nitrogens with zero attached hydrogens (tertiary/aromatic N) is 1. The van der Waals surface area contributed by atoms with Crippen LogP contribution in [0.15, 0.2) is 0 Å². The van der Waals surface area contributed by atoms with E-state index in [1.54, 1.807) is 7.05 Å². The summed E-state index contributed by atoms with van der Waals surface area (Å²) in [5.74, 6) is -1.25. The van der Waals surface area contributed by atoms with E-state index in [4.69, 9.17) is 9.84 Å². The number of amides is 1. The average molecular weight is 242 g/mol. The van der Waals surface area contributed by atoms with Gasteiger partial charge in [0, 0.05) is 12.6 Å². The number of ether oxygens (including phenoxy) is 1. The summed E-state index contributed by atoms with van der Waals surface area (Å²) in [6.07, 6.45) is 1.32. The molecule has 96 valence electrons. The van der Waals surface area contributed by atoms with Crippen LogP contribution < -0.4 is 5.32 Å². The topological polar surface area (TPSA) is 78.9 Å². The van der Waals surface area contributed by atoms with Gasteiger partial charge in [-0.15, -0.1) is 0 Å². The summed E-state index contributed by atoms with van der Waals surface area (Å²) in [6.45, 7) is 1.44. The highest BCUT2D eigenvalue weighted by Crippen LogP contribution is 2.23. The van der Waals surface area contributed by atoms with Crippen molar-refractivity contribution in [2.75, 3.05) is 26.8 Å². The first kappa shape index (κ1) is 12.3. The molecule has 2 aliphatic heterocycles. The van der Waals surface area contributed by atoms with Crippen molar-refractivity contribution >= 4 is 11.9 Å². The molecule has 0 saturated carbocycles. The fourth-order valence-corrected chi connectivity index (χ4v) is 2.58. The number of carbonyl (C=O) groups excluding carboxylic acids is 1. The molecular weight excluding hydrogens is 224 g/mol. The molecule has 6 nitrogen and oxygen atoms in total. The second kappa shape index (κ2) is 5.01. The Bertz CT molecular complexity index is 321. The molecule has 0 radical (unpaired) electrons. The van der Waals surface area contributed by atoms with Gasteiger partial charge in [-0.2, -0.15) is 0 Å². The molecule has 2 rings (SSSR count). The minimum Gasteiger partial charge on any atom is -0.480 e. The van der Waals surface area contributed by atoms with Gasteiger partial charge >= 0.3 is 5.97 Å². The van der Waals surface area contributed by atoms with Gasteiger partial charge in [0.05, 0.1) is 19.1 Å². The molecule has 0 aromatic heterocycles. The van der Waals surface area contributed by atoms with E-state index in [2.05, 4.69) is 5.32 Å². The third-order valence-corrected chi connectivity index (χ3v) is 3.59. The Labute approximate surface area is 99.9 Å². The molecule has 1 amide bonds. The number of carbonyl (C=O) groups is 2. The zero-order valence-electron chi connectivity index (χ0n) is 9.89. The van der Waals surface area contributed by atoms with Crippen LogP contribution in [-0.4, -0.2) is 60.8 Å². The largest absolute Gasteiger partial charge is 0.480 e. The van der Waals surface area contributed by atoms with E-state index < -0.39 is 12.0 Å². The van der Waals surface area contributed by atoms with Crippen LogP contribution in [0.1, 0.15) is 12.8 Å². The number of carboxylic acid groups (broad SMARTS) is 1. The molecule has 2 fully saturated rings. The van der Waals surface area contributed by atoms with Crippen molar-refractivity contribution in [1.82, 2.24) is 10.2 Å². The molecule has 0 aromatic rings. The summed E-state index contributed by atoms with van der Waals surface area (Å²) < 4.78 is 5.28. The molecule has 2 aliphatic rings. The second-order valence-corrected chi connectivity index (χ2v) is 4.57. The number of rotatable bonds is 3. The van der Waals surface area contributed by atoms with E-state index in [9.17, 15) is 9.59 Å². The minimum atomic E-state index is -0.907. The smallest absolute Gasteiger partial charge is 0.326 e. The summed E-state index contributed by atoms with van der Waals surface area (Å²) in [7, 11) is 1.79. The molecular formula is C11H18N2O4. The number of likely N-dealkylation sites (N-methyl/N-ethyl adjacent to an activating group) is 1. The normalized spacial score (nSPS) is 33.0. The van der Waals surface area contributed by atoms with Gasteiger partial charge < -0.3 is 20.1 Å². The van der Waals surface area contributed by atoms with E-state index in [-0.39, 0.29) is 17.9 Å². The van der Waals surface area contributed by atoms with Crippen LogP contribution in [-0.2, 0) is 14.3 Å². The number of hydrogen-bond acceptors (Lipinski definition) is 4. The highest BCUT2D eigenvalue weighted by molar-refractivity contribution is 5.86. The Hall–Kier alpha value is -1.14. The fraction of sp³-hybridized carbons (Fsp3) is 0.818. The Morgan fingerprint density at radius 3 is 2.82 bits per heavy atom. The van der Waals surface area contributed by atoms with Crippen LogP contribution in [0.3, 0.4) is 0 Å². The predicted molar refractivity (Wildman–Crippen MR) is 59.5 cm³/mol. The maximum atomic E-state index is 12.3. The number of carboxylic acids is 1. The Kier molecular flexibility index (Phi) is 3.63. The van der Waals surface area contributed by atoms with Gasteiger partial charge in [0.25, 0.3) is 0 Å². The minimum absolute atomic E-state index is 0.00227. The summed E-state index contributed by atoms with van der Waals surface area (Å²) in [4.78, 5) is 24.8. The van der Waals surface area contributed by atoms with Crippen molar-refractivity contribution in [2.45, 2.75) is 24.9 Å². The standard InChI is InChI=1S/C11H18N2O4/c1-12-8-6-17-5-7(8)10(14)13-4-2-3-9(13)11(15)16/h7-9,12H,2-6H2,1H3,(H,15,16)/t7?,8?,9-/m1/s1. The zero-order chi connectivity index (χ0) is 12.4. The monoisotopic (exact) mass is 242 g/mol. The summed E-state index contributed by atoms with van der Waals surface area (Å²) in [6, 6.07) is -0.654. The van der Waals surface area contributed by atoms with E-state index >= 15 is 0 Å². The van der Waals surface area contributed by atoms with E-state index in [1.807, 2.05) is 0 Å². The van der Waals surface area contributed by atoms with Crippen molar-refractivity contribution in [3.63, 3.8) is 0 Å². The molecule has 0 spiro atoms. The summed E-state index contributed by atoms with van der Waals surface area (Å²) in [5.41, 5.74) is 0. The molecule has 2 unspecified atom stereocenters. The average Bonchev–Trinajstić information content (AvgIpc) is 2.96. The fourth-order valence-electron chi connectivity index (χ4n) is 2.58. The number of aliphatic carboxylic acids is 1. The molecule has 17 heavy (non-hydrogen) atoms. The van der Waals surface area contributed by atoms with Crippen LogP contribution in [0.5, 0.6) is 0 Å². The first-order valence-electron chi connectivity index (χ1n) is 5.93. The molecule has 2 saturated heterocycles. The van der Waals surface area contributed by atoms with Crippen LogP contribution in [0.25, 0.3) is 0 Å².